The standard InChI is InChI=1S/C15H19BrN2O/c1-19-15-8-7-12(9-13(15)16)18-14-6-4-2-3-5-11(14)10-17/h7-9,11,14,18H,2-6H2,1H3. The summed E-state index contributed by atoms with van der Waals surface area (Å²) < 4.78 is 6.16. The van der Waals surface area contributed by atoms with Crippen molar-refractivity contribution in [1.82, 2.24) is 0 Å². The topological polar surface area (TPSA) is 45.0 Å². The number of rotatable bonds is 3. The maximum Gasteiger partial charge on any atom is 0.133 e. The van der Waals surface area contributed by atoms with Gasteiger partial charge in [0.15, 0.2) is 0 Å². The Hall–Kier alpha value is -1.21. The minimum atomic E-state index is 0.114. The second-order valence-corrected chi connectivity index (χ2v) is 5.83. The molecule has 19 heavy (non-hydrogen) atoms. The maximum absolute atomic E-state index is 9.28. The number of nitrogens with one attached hydrogen (secondary N) is 1. The molecule has 1 aromatic rings. The van der Waals surface area contributed by atoms with Gasteiger partial charge < -0.3 is 10.1 Å². The molecule has 4 heteroatoms. The molecule has 1 N–H and O–H groups in total. The monoisotopic (exact) mass is 322 g/mol. The molecule has 1 aliphatic carbocycles. The summed E-state index contributed by atoms with van der Waals surface area (Å²) in [6.45, 7) is 0. The molecule has 1 fully saturated rings. The summed E-state index contributed by atoms with van der Waals surface area (Å²) in [5.41, 5.74) is 1.04. The Labute approximate surface area is 123 Å². The Morgan fingerprint density at radius 1 is 1.32 bits per heavy atom. The van der Waals surface area contributed by atoms with Gasteiger partial charge in [0.25, 0.3) is 0 Å². The molecule has 1 saturated carbocycles. The highest BCUT2D eigenvalue weighted by molar-refractivity contribution is 9.10. The first-order valence-corrected chi connectivity index (χ1v) is 7.53. The van der Waals surface area contributed by atoms with Crippen molar-refractivity contribution in [2.24, 2.45) is 5.92 Å². The highest BCUT2D eigenvalue weighted by atomic mass is 79.9. The number of nitriles is 1. The lowest BCUT2D eigenvalue weighted by Crippen LogP contribution is -2.27. The average Bonchev–Trinajstić information content (AvgIpc) is 2.64. The van der Waals surface area contributed by atoms with Gasteiger partial charge in [0.2, 0.25) is 0 Å². The zero-order valence-corrected chi connectivity index (χ0v) is 12.7. The number of halogens is 1. The van der Waals surface area contributed by atoms with E-state index in [2.05, 4.69) is 27.3 Å². The molecular weight excluding hydrogens is 304 g/mol. The van der Waals surface area contributed by atoms with Crippen LogP contribution in [0.5, 0.6) is 5.75 Å². The molecule has 0 spiro atoms. The second-order valence-electron chi connectivity index (χ2n) is 4.97. The first-order chi connectivity index (χ1) is 9.24. The van der Waals surface area contributed by atoms with Gasteiger partial charge in [-0.1, -0.05) is 19.3 Å². The molecule has 0 heterocycles. The number of benzene rings is 1. The Kier molecular flexibility index (Phi) is 5.09. The van der Waals surface area contributed by atoms with E-state index in [-0.39, 0.29) is 12.0 Å². The minimum absolute atomic E-state index is 0.114. The molecule has 2 atom stereocenters. The van der Waals surface area contributed by atoms with E-state index in [1.54, 1.807) is 7.11 Å². The molecule has 1 aromatic carbocycles. The van der Waals surface area contributed by atoms with Gasteiger partial charge in [0, 0.05) is 11.7 Å². The lowest BCUT2D eigenvalue weighted by Gasteiger charge is -2.22. The smallest absolute Gasteiger partial charge is 0.133 e. The van der Waals surface area contributed by atoms with Crippen LogP contribution in [0.4, 0.5) is 5.69 Å². The fraction of sp³-hybridized carbons (Fsp3) is 0.533. The van der Waals surface area contributed by atoms with Crippen molar-refractivity contribution >= 4 is 21.6 Å². The first-order valence-electron chi connectivity index (χ1n) is 6.74. The van der Waals surface area contributed by atoms with Crippen LogP contribution in [0.1, 0.15) is 32.1 Å². The van der Waals surface area contributed by atoms with E-state index in [1.165, 1.54) is 19.3 Å². The lowest BCUT2D eigenvalue weighted by atomic mass is 9.96. The van der Waals surface area contributed by atoms with Gasteiger partial charge in [-0.25, -0.2) is 0 Å². The zero-order chi connectivity index (χ0) is 13.7. The van der Waals surface area contributed by atoms with Crippen molar-refractivity contribution in [3.8, 4) is 11.8 Å². The van der Waals surface area contributed by atoms with E-state index >= 15 is 0 Å². The summed E-state index contributed by atoms with van der Waals surface area (Å²) in [7, 11) is 1.66. The molecule has 0 bridgehead atoms. The molecule has 0 aliphatic heterocycles. The molecule has 0 aromatic heterocycles. The van der Waals surface area contributed by atoms with Crippen LogP contribution in [0, 0.1) is 17.2 Å². The number of anilines is 1. The van der Waals surface area contributed by atoms with Crippen molar-refractivity contribution in [3.63, 3.8) is 0 Å². The van der Waals surface area contributed by atoms with E-state index in [9.17, 15) is 5.26 Å². The Morgan fingerprint density at radius 2 is 2.11 bits per heavy atom. The van der Waals surface area contributed by atoms with Gasteiger partial charge >= 0.3 is 0 Å². The van der Waals surface area contributed by atoms with Crippen molar-refractivity contribution in [3.05, 3.63) is 22.7 Å². The fourth-order valence-electron chi connectivity index (χ4n) is 2.61. The Morgan fingerprint density at radius 3 is 2.79 bits per heavy atom. The van der Waals surface area contributed by atoms with Crippen LogP contribution in [0.3, 0.4) is 0 Å². The van der Waals surface area contributed by atoms with E-state index in [4.69, 9.17) is 4.74 Å². The molecule has 3 nitrogen and oxygen atoms in total. The van der Waals surface area contributed by atoms with Crippen LogP contribution < -0.4 is 10.1 Å². The van der Waals surface area contributed by atoms with Crippen LogP contribution >= 0.6 is 15.9 Å². The van der Waals surface area contributed by atoms with Crippen LogP contribution in [0.2, 0.25) is 0 Å². The third kappa shape index (κ3) is 3.63. The summed E-state index contributed by atoms with van der Waals surface area (Å²) in [6, 6.07) is 8.66. The predicted octanol–water partition coefficient (Wildman–Crippen LogP) is 4.34. The van der Waals surface area contributed by atoms with Crippen molar-refractivity contribution < 1.29 is 4.74 Å². The Bertz CT molecular complexity index is 470. The zero-order valence-electron chi connectivity index (χ0n) is 11.2. The highest BCUT2D eigenvalue weighted by Gasteiger charge is 2.23. The first kappa shape index (κ1) is 14.2. The molecule has 1 aliphatic rings. The highest BCUT2D eigenvalue weighted by Crippen LogP contribution is 2.30. The Balaban J connectivity index is 2.10. The quantitative estimate of drug-likeness (QED) is 0.842. The number of hydrogen-bond acceptors (Lipinski definition) is 3. The van der Waals surface area contributed by atoms with Crippen LogP contribution in [-0.4, -0.2) is 13.2 Å². The average molecular weight is 323 g/mol. The van der Waals surface area contributed by atoms with Gasteiger partial charge in [0.1, 0.15) is 5.75 Å². The summed E-state index contributed by atoms with van der Waals surface area (Å²) in [4.78, 5) is 0. The summed E-state index contributed by atoms with van der Waals surface area (Å²) in [5, 5.41) is 12.8. The largest absolute Gasteiger partial charge is 0.496 e. The van der Waals surface area contributed by atoms with E-state index < -0.39 is 0 Å². The van der Waals surface area contributed by atoms with Crippen LogP contribution in [-0.2, 0) is 0 Å². The maximum atomic E-state index is 9.28. The van der Waals surface area contributed by atoms with Crippen LogP contribution in [0.15, 0.2) is 22.7 Å². The normalized spacial score (nSPS) is 23.2. The van der Waals surface area contributed by atoms with Crippen molar-refractivity contribution in [2.45, 2.75) is 38.1 Å². The third-order valence-electron chi connectivity index (χ3n) is 3.69. The minimum Gasteiger partial charge on any atom is -0.496 e. The van der Waals surface area contributed by atoms with Crippen molar-refractivity contribution in [2.75, 3.05) is 12.4 Å². The number of ether oxygens (including phenoxy) is 1. The van der Waals surface area contributed by atoms with Gasteiger partial charge in [-0.3, -0.25) is 0 Å². The summed E-state index contributed by atoms with van der Waals surface area (Å²) in [5.74, 6) is 0.937. The molecule has 2 unspecified atom stereocenters. The van der Waals surface area contributed by atoms with Gasteiger partial charge in [0.05, 0.1) is 23.6 Å². The molecule has 0 saturated heterocycles. The van der Waals surface area contributed by atoms with Gasteiger partial charge in [-0.2, -0.15) is 5.26 Å². The molecule has 0 amide bonds. The van der Waals surface area contributed by atoms with Gasteiger partial charge in [-0.15, -0.1) is 0 Å². The van der Waals surface area contributed by atoms with E-state index in [1.807, 2.05) is 18.2 Å². The van der Waals surface area contributed by atoms with E-state index in [0.717, 1.165) is 28.8 Å². The van der Waals surface area contributed by atoms with Crippen molar-refractivity contribution in [1.29, 1.82) is 5.26 Å². The number of nitrogens with zero attached hydrogens (tertiary/aromatic N) is 1. The van der Waals surface area contributed by atoms with Gasteiger partial charge in [-0.05, 0) is 47.0 Å². The predicted molar refractivity (Wildman–Crippen MR) is 80.3 cm³/mol. The fourth-order valence-corrected chi connectivity index (χ4v) is 3.15. The summed E-state index contributed by atoms with van der Waals surface area (Å²) in [6.07, 6.45) is 5.69. The SMILES string of the molecule is COc1ccc(NC2CCCCCC2C#N)cc1Br. The number of hydrogen-bond donors (Lipinski definition) is 1. The molecular formula is C15H19BrN2O. The van der Waals surface area contributed by atoms with E-state index in [0.29, 0.717) is 0 Å². The summed E-state index contributed by atoms with van der Waals surface area (Å²) >= 11 is 3.49. The molecule has 102 valence electrons. The van der Waals surface area contributed by atoms with Crippen LogP contribution in [0.25, 0.3) is 0 Å². The second kappa shape index (κ2) is 6.81. The lowest BCUT2D eigenvalue weighted by molar-refractivity contribution is 0.412. The molecule has 0 radical (unpaired) electrons. The molecule has 2 rings (SSSR count). The third-order valence-corrected chi connectivity index (χ3v) is 4.31. The number of methoxy groups -OCH3 is 1.